The summed E-state index contributed by atoms with van der Waals surface area (Å²) < 4.78 is 15.9. The third-order valence-electron chi connectivity index (χ3n) is 3.70. The number of aryl methyl sites for hydroxylation is 1. The van der Waals surface area contributed by atoms with Gasteiger partial charge in [-0.3, -0.25) is 24.9 Å². The zero-order valence-corrected chi connectivity index (χ0v) is 13.9. The summed E-state index contributed by atoms with van der Waals surface area (Å²) in [7, 11) is 1.51. The zero-order valence-electron chi connectivity index (χ0n) is 13.9. The molecule has 0 aliphatic carbocycles. The molecule has 1 amide bonds. The van der Waals surface area contributed by atoms with E-state index < -0.39 is 10.8 Å². The molecular weight excluding hydrogens is 345 g/mol. The molecule has 0 saturated heterocycles. The molecule has 3 rings (SSSR count). The fraction of sp³-hybridized carbons (Fsp3) is 0.200. The standard InChI is InChI=1S/C15H14FN7O3/c1-9-13(23(25)26)12(19-21(9)2)14(24)18-15-17-8-22(20-15)7-10-4-3-5-11(16)6-10/h3-6,8H,7H2,1-2H3,(H,18,20,24). The third kappa shape index (κ3) is 3.41. The molecule has 0 aliphatic rings. The van der Waals surface area contributed by atoms with E-state index in [1.54, 1.807) is 12.1 Å². The van der Waals surface area contributed by atoms with Crippen molar-refractivity contribution in [1.82, 2.24) is 24.5 Å². The lowest BCUT2D eigenvalue weighted by molar-refractivity contribution is -0.385. The van der Waals surface area contributed by atoms with Gasteiger partial charge in [-0.2, -0.15) is 5.10 Å². The van der Waals surface area contributed by atoms with Crippen molar-refractivity contribution in [1.29, 1.82) is 0 Å². The van der Waals surface area contributed by atoms with Gasteiger partial charge < -0.3 is 0 Å². The van der Waals surface area contributed by atoms with Crippen LogP contribution in [0.5, 0.6) is 0 Å². The summed E-state index contributed by atoms with van der Waals surface area (Å²) in [6, 6.07) is 5.99. The Bertz CT molecular complexity index is 995. The number of carbonyl (C=O) groups excluding carboxylic acids is 1. The number of nitrogens with zero attached hydrogens (tertiary/aromatic N) is 6. The summed E-state index contributed by atoms with van der Waals surface area (Å²) in [5.74, 6) is -1.19. The van der Waals surface area contributed by atoms with Crippen molar-refractivity contribution < 1.29 is 14.1 Å². The summed E-state index contributed by atoms with van der Waals surface area (Å²) in [4.78, 5) is 26.7. The smallest absolute Gasteiger partial charge is 0.287 e. The number of amides is 1. The molecule has 0 fully saturated rings. The number of nitro groups is 1. The lowest BCUT2D eigenvalue weighted by Gasteiger charge is -2.01. The molecule has 0 bridgehead atoms. The van der Waals surface area contributed by atoms with E-state index in [0.717, 1.165) is 0 Å². The fourth-order valence-electron chi connectivity index (χ4n) is 2.38. The van der Waals surface area contributed by atoms with Gasteiger partial charge in [0.25, 0.3) is 5.91 Å². The van der Waals surface area contributed by atoms with Crippen LogP contribution in [0, 0.1) is 22.9 Å². The van der Waals surface area contributed by atoms with E-state index in [4.69, 9.17) is 0 Å². The molecule has 2 heterocycles. The highest BCUT2D eigenvalue weighted by atomic mass is 19.1. The molecule has 134 valence electrons. The van der Waals surface area contributed by atoms with Crippen molar-refractivity contribution in [2.24, 2.45) is 7.05 Å². The average Bonchev–Trinajstić information content (AvgIpc) is 3.12. The lowest BCUT2D eigenvalue weighted by atomic mass is 10.2. The van der Waals surface area contributed by atoms with E-state index >= 15 is 0 Å². The summed E-state index contributed by atoms with van der Waals surface area (Å²) in [5.41, 5.74) is 0.231. The predicted octanol–water partition coefficient (Wildman–Crippen LogP) is 1.67. The summed E-state index contributed by atoms with van der Waals surface area (Å²) in [5, 5.41) is 21.5. The van der Waals surface area contributed by atoms with Crippen LogP contribution in [0.1, 0.15) is 21.7 Å². The molecule has 10 nitrogen and oxygen atoms in total. The predicted molar refractivity (Wildman–Crippen MR) is 88.1 cm³/mol. The molecule has 0 atom stereocenters. The average molecular weight is 359 g/mol. The van der Waals surface area contributed by atoms with Gasteiger partial charge >= 0.3 is 5.69 Å². The Kier molecular flexibility index (Phi) is 4.43. The van der Waals surface area contributed by atoms with Crippen LogP contribution in [0.4, 0.5) is 16.0 Å². The number of hydrogen-bond donors (Lipinski definition) is 1. The van der Waals surface area contributed by atoms with Crippen LogP contribution < -0.4 is 5.32 Å². The molecule has 0 spiro atoms. The van der Waals surface area contributed by atoms with E-state index in [2.05, 4.69) is 20.5 Å². The van der Waals surface area contributed by atoms with Gasteiger partial charge in [0.2, 0.25) is 11.6 Å². The normalized spacial score (nSPS) is 10.7. The Morgan fingerprint density at radius 2 is 2.15 bits per heavy atom. The Hall–Kier alpha value is -3.63. The topological polar surface area (TPSA) is 121 Å². The molecule has 0 unspecified atom stereocenters. The Morgan fingerprint density at radius 3 is 2.85 bits per heavy atom. The highest BCUT2D eigenvalue weighted by Gasteiger charge is 2.29. The van der Waals surface area contributed by atoms with E-state index in [1.165, 1.54) is 41.8 Å². The van der Waals surface area contributed by atoms with Crippen LogP contribution in [0.3, 0.4) is 0 Å². The number of rotatable bonds is 5. The first-order valence-corrected chi connectivity index (χ1v) is 7.48. The van der Waals surface area contributed by atoms with Gasteiger partial charge in [0.1, 0.15) is 17.8 Å². The van der Waals surface area contributed by atoms with E-state index in [0.29, 0.717) is 5.56 Å². The number of hydrogen-bond acceptors (Lipinski definition) is 6. The number of aromatic nitrogens is 5. The molecule has 2 aromatic heterocycles. The first kappa shape index (κ1) is 17.2. The molecule has 11 heteroatoms. The zero-order chi connectivity index (χ0) is 18.8. The second-order valence-corrected chi connectivity index (χ2v) is 5.51. The van der Waals surface area contributed by atoms with Crippen LogP contribution in [-0.2, 0) is 13.6 Å². The van der Waals surface area contributed by atoms with E-state index in [1.807, 2.05) is 0 Å². The highest BCUT2D eigenvalue weighted by molar-refractivity contribution is 6.04. The Morgan fingerprint density at radius 1 is 1.38 bits per heavy atom. The van der Waals surface area contributed by atoms with Crippen molar-refractivity contribution in [3.05, 3.63) is 63.5 Å². The van der Waals surface area contributed by atoms with E-state index in [-0.39, 0.29) is 35.4 Å². The minimum atomic E-state index is -0.788. The van der Waals surface area contributed by atoms with Crippen molar-refractivity contribution in [3.63, 3.8) is 0 Å². The first-order chi connectivity index (χ1) is 12.3. The van der Waals surface area contributed by atoms with Crippen molar-refractivity contribution in [3.8, 4) is 0 Å². The number of nitrogens with one attached hydrogen (secondary N) is 1. The molecule has 3 aromatic rings. The Labute approximate surface area is 146 Å². The molecule has 1 aromatic carbocycles. The van der Waals surface area contributed by atoms with Crippen LogP contribution >= 0.6 is 0 Å². The highest BCUT2D eigenvalue weighted by Crippen LogP contribution is 2.22. The van der Waals surface area contributed by atoms with Crippen LogP contribution in [0.2, 0.25) is 0 Å². The minimum Gasteiger partial charge on any atom is -0.287 e. The summed E-state index contributed by atoms with van der Waals surface area (Å²) in [6.45, 7) is 1.75. The quantitative estimate of drug-likeness (QED) is 0.546. The second-order valence-electron chi connectivity index (χ2n) is 5.51. The summed E-state index contributed by atoms with van der Waals surface area (Å²) >= 11 is 0. The second kappa shape index (κ2) is 6.70. The van der Waals surface area contributed by atoms with Gasteiger partial charge in [-0.15, -0.1) is 5.10 Å². The number of carbonyl (C=O) groups is 1. The van der Waals surface area contributed by atoms with Crippen molar-refractivity contribution in [2.45, 2.75) is 13.5 Å². The van der Waals surface area contributed by atoms with Gasteiger partial charge in [0.05, 0.1) is 11.5 Å². The number of halogens is 1. The van der Waals surface area contributed by atoms with Gasteiger partial charge in [-0.25, -0.2) is 14.1 Å². The van der Waals surface area contributed by atoms with Crippen LogP contribution in [0.15, 0.2) is 30.6 Å². The molecule has 26 heavy (non-hydrogen) atoms. The largest absolute Gasteiger partial charge is 0.322 e. The first-order valence-electron chi connectivity index (χ1n) is 7.48. The fourth-order valence-corrected chi connectivity index (χ4v) is 2.38. The Balaban J connectivity index is 1.76. The maximum Gasteiger partial charge on any atom is 0.322 e. The maximum absolute atomic E-state index is 13.2. The van der Waals surface area contributed by atoms with Gasteiger partial charge in [-0.1, -0.05) is 12.1 Å². The molecule has 1 N–H and O–H groups in total. The molecule has 0 radical (unpaired) electrons. The van der Waals surface area contributed by atoms with Crippen LogP contribution in [-0.4, -0.2) is 35.4 Å². The van der Waals surface area contributed by atoms with Crippen molar-refractivity contribution in [2.75, 3.05) is 5.32 Å². The monoisotopic (exact) mass is 359 g/mol. The summed E-state index contributed by atoms with van der Waals surface area (Å²) in [6.07, 6.45) is 1.36. The minimum absolute atomic E-state index is 0.0380. The lowest BCUT2D eigenvalue weighted by Crippen LogP contribution is -2.16. The third-order valence-corrected chi connectivity index (χ3v) is 3.70. The molecular formula is C15H14FN7O3. The molecule has 0 saturated carbocycles. The van der Waals surface area contributed by atoms with Gasteiger partial charge in [0.15, 0.2) is 0 Å². The van der Waals surface area contributed by atoms with Gasteiger partial charge in [-0.05, 0) is 24.6 Å². The van der Waals surface area contributed by atoms with Crippen molar-refractivity contribution >= 4 is 17.5 Å². The van der Waals surface area contributed by atoms with E-state index in [9.17, 15) is 19.3 Å². The molecule has 0 aliphatic heterocycles. The SMILES string of the molecule is Cc1c([N+](=O)[O-])c(C(=O)Nc2ncn(Cc3cccc(F)c3)n2)nn1C. The number of anilines is 1. The maximum atomic E-state index is 13.2. The van der Waals surface area contributed by atoms with Crippen LogP contribution in [0.25, 0.3) is 0 Å². The van der Waals surface area contributed by atoms with Gasteiger partial charge in [0, 0.05) is 7.05 Å². The number of benzene rings is 1.